The van der Waals surface area contributed by atoms with Gasteiger partial charge in [-0.15, -0.1) is 0 Å². The maximum absolute atomic E-state index is 16.5. The number of hydrogen-bond acceptors (Lipinski definition) is 28. The largest absolute Gasteiger partial charge is 0.507 e. The number of halogens is 2. The number of aliphatic hydroxyl groups is 5. The van der Waals surface area contributed by atoms with E-state index in [-0.39, 0.29) is 64.2 Å². The van der Waals surface area contributed by atoms with Crippen molar-refractivity contribution in [2.45, 2.75) is 208 Å². The van der Waals surface area contributed by atoms with Crippen LogP contribution < -0.4 is 61.3 Å². The molecule has 6 aromatic carbocycles. The number of ether oxygens (including phenoxy) is 8. The Kier molecular flexibility index (Phi) is 28.9. The number of rotatable bonds is 25. The van der Waals surface area contributed by atoms with Crippen LogP contribution in [0.5, 0.6) is 51.7 Å². The molecular weight excluding hydrogens is 1670 g/mol. The summed E-state index contributed by atoms with van der Waals surface area (Å²) < 4.78 is 79.7. The first kappa shape index (κ1) is 91.7. The molecular formula is C84H98Cl2N8O28S. The molecule has 0 radical (unpaired) electrons. The average molecular weight is 1770 g/mol. The molecule has 36 nitrogen and oxygen atoms in total. The summed E-state index contributed by atoms with van der Waals surface area (Å²) in [5.41, 5.74) is 1.43. The molecule has 39 heteroatoms. The lowest BCUT2D eigenvalue weighted by atomic mass is 9.84. The zero-order chi connectivity index (χ0) is 89.0. The Morgan fingerprint density at radius 2 is 1.41 bits per heavy atom. The number of ketones is 2. The smallest absolute Gasteiger partial charge is 0.408 e. The van der Waals surface area contributed by atoms with Crippen molar-refractivity contribution in [1.29, 1.82) is 0 Å². The van der Waals surface area contributed by atoms with Gasteiger partial charge in [0.25, 0.3) is 0 Å². The van der Waals surface area contributed by atoms with Gasteiger partial charge in [-0.2, -0.15) is 0 Å². The number of carboxylic acid groups (broad SMARTS) is 1. The number of fused-ring (bicyclic) bond motifs is 16. The predicted molar refractivity (Wildman–Crippen MR) is 434 cm³/mol. The van der Waals surface area contributed by atoms with Crippen LogP contribution in [-0.2, 0) is 73.9 Å². The van der Waals surface area contributed by atoms with Gasteiger partial charge in [-0.1, -0.05) is 81.9 Å². The van der Waals surface area contributed by atoms with E-state index in [4.69, 9.17) is 66.8 Å². The molecule has 18 N–H and O–H groups in total. The molecule has 123 heavy (non-hydrogen) atoms. The lowest BCUT2D eigenvalue weighted by Crippen LogP contribution is -2.63. The number of hydrogen-bond donors (Lipinski definition) is 17. The standard InChI is InChI=1S/C84H98Cl2N8O28S/c1-7-9-10-23-115-45-14-16-46(17-15-45)123(113,114)89-22-21-88-35-50-54(97)33-49-64(71(50)103)48-25-40(11-18-53(48)96)47-32-56(99)65-43-29-59(117-57-19-12-41(26-51(57)85)69(101)67(92-77(106)39(8-2)24-37(3)4)55(98)28-44(31-62(87)100)78(107)90-65)74(60(30-43)118-58-20-13-42(27-52(58)86)70(102)68(93-79(47)108)80(109)91-66(49)81(110)111)121-82-75(73(105)72(104)61(36-95)119-82)120-63-34-84(6)76(38(5)116-63)122-83(112)94-84/h11-20,25-27,29-30,33,37-39,44,47,61,63,65-70,72-73,75-76,82,88-89,95-97,101-105H,7-10,21-24,28,31-32,34-36H2,1-6H3,(H2,87,100)(H,90,107)(H,91,109)(H,92,106)(H,93,108)(H,94,112)(H,110,111)/t38-,39+,44-,47+,61+,63-,65+,66-,67-,68-,69+,70+,72+,73-,75+,76+,82-,84-/m0/s1. The van der Waals surface area contributed by atoms with Crippen LogP contribution in [0.1, 0.15) is 163 Å². The maximum atomic E-state index is 16.5. The zero-order valence-electron chi connectivity index (χ0n) is 67.6. The number of aliphatic carboxylic acids is 1. The van der Waals surface area contributed by atoms with E-state index in [1.807, 2.05) is 20.8 Å². The summed E-state index contributed by atoms with van der Waals surface area (Å²) in [5, 5.41) is 122. The van der Waals surface area contributed by atoms with Crippen LogP contribution in [0.25, 0.3) is 11.1 Å². The molecule has 11 bridgehead atoms. The van der Waals surface area contributed by atoms with E-state index in [0.29, 0.717) is 18.8 Å². The van der Waals surface area contributed by atoms with Crippen molar-refractivity contribution in [2.75, 3.05) is 26.3 Å². The highest BCUT2D eigenvalue weighted by Gasteiger charge is 2.56. The van der Waals surface area contributed by atoms with Crippen LogP contribution in [0.15, 0.2) is 102 Å². The van der Waals surface area contributed by atoms with Crippen molar-refractivity contribution >= 4 is 86.4 Å². The Hall–Kier alpha value is -10.5. The fraction of sp³-hybridized carbons (Fsp3) is 0.464. The molecule has 0 saturated carbocycles. The number of Topliss-reactive ketones (excluding diaryl/α,β-unsaturated/α-hetero) is 2. The zero-order valence-corrected chi connectivity index (χ0v) is 69.9. The van der Waals surface area contributed by atoms with Crippen LogP contribution in [0.4, 0.5) is 4.79 Å². The first-order chi connectivity index (χ1) is 58.4. The first-order valence-electron chi connectivity index (χ1n) is 40.1. The summed E-state index contributed by atoms with van der Waals surface area (Å²) in [6.07, 6.45) is -17.8. The number of sulfonamides is 1. The third-order valence-electron chi connectivity index (χ3n) is 22.5. The molecule has 0 aliphatic carbocycles. The molecule has 3 saturated heterocycles. The lowest BCUT2D eigenvalue weighted by molar-refractivity contribution is -0.332. The van der Waals surface area contributed by atoms with Crippen molar-refractivity contribution in [3.8, 4) is 62.9 Å². The second-order valence-electron chi connectivity index (χ2n) is 31.8. The quantitative estimate of drug-likeness (QED) is 0.0294. The molecule has 6 aromatic rings. The molecule has 3 fully saturated rings. The molecule has 0 spiro atoms. The van der Waals surface area contributed by atoms with Crippen LogP contribution in [-0.4, -0.2) is 201 Å². The van der Waals surface area contributed by atoms with Crippen LogP contribution >= 0.6 is 23.2 Å². The minimum atomic E-state index is -4.13. The van der Waals surface area contributed by atoms with E-state index in [9.17, 15) is 73.6 Å². The number of unbranched alkanes of at least 4 members (excludes halogenated alkanes) is 2. The first-order valence-corrected chi connectivity index (χ1v) is 42.3. The van der Waals surface area contributed by atoms with Crippen molar-refractivity contribution in [3.63, 3.8) is 0 Å². The Bertz CT molecular complexity index is 5140. The Balaban J connectivity index is 1.02. The topological polar surface area (TPSA) is 554 Å². The number of nitrogens with two attached hydrogens (primary N) is 1. The van der Waals surface area contributed by atoms with Crippen molar-refractivity contribution in [3.05, 3.63) is 140 Å². The van der Waals surface area contributed by atoms with Crippen LogP contribution in [0.3, 0.4) is 0 Å². The molecule has 0 unspecified atom stereocenters. The highest BCUT2D eigenvalue weighted by molar-refractivity contribution is 7.89. The summed E-state index contributed by atoms with van der Waals surface area (Å²) in [4.78, 5) is 133. The number of benzene rings is 6. The molecule has 14 rings (SSSR count). The molecule has 8 aliphatic heterocycles. The molecule has 18 atom stereocenters. The highest BCUT2D eigenvalue weighted by atomic mass is 35.5. The van der Waals surface area contributed by atoms with Gasteiger partial charge in [0.1, 0.15) is 83.1 Å². The van der Waals surface area contributed by atoms with Gasteiger partial charge in [-0.05, 0) is 140 Å². The molecule has 8 aliphatic rings. The fourth-order valence-electron chi connectivity index (χ4n) is 16.0. The van der Waals surface area contributed by atoms with Crippen LogP contribution in [0.2, 0.25) is 10.0 Å². The maximum Gasteiger partial charge on any atom is 0.408 e. The summed E-state index contributed by atoms with van der Waals surface area (Å²) in [6.45, 7) is 9.20. The SMILES string of the molecule is CCCCCOc1ccc(S(=O)(=O)NCCNCc2c(O)cc3c(c2O)-c2cc(ccc2O)[C@H]2CC(=O)[C@@H]4NC(=O)[C@H](CC(N)=O)CC(=O)[C@H](NC(=O)[C@H](CC)CC(C)C)[C@H](O)c5ccc(c(Cl)c5)Oc5cc4cc(c5O[C@@H]4O[C@H](CO)[C@@H](O)[C@H](O)[C@H]4O[C@H]4C[C@]5(C)NC(=O)O[C@@H]5[C@H](C)O4)Oc4ccc(cc4Cl)[C@@H](O)[C@H](NC2=O)C(=O)N[C@@H]3C(=O)O)cc1. The Labute approximate surface area is 715 Å². The fourth-order valence-corrected chi connectivity index (χ4v) is 17.5. The molecule has 0 aromatic heterocycles. The Morgan fingerprint density at radius 3 is 2.03 bits per heavy atom. The van der Waals surface area contributed by atoms with Gasteiger partial charge in [-0.3, -0.25) is 33.6 Å². The summed E-state index contributed by atoms with van der Waals surface area (Å²) in [6, 6.07) is 10.0. The summed E-state index contributed by atoms with van der Waals surface area (Å²) >= 11 is 14.3. The monoisotopic (exact) mass is 1770 g/mol. The predicted octanol–water partition coefficient (Wildman–Crippen LogP) is 5.95. The second-order valence-corrected chi connectivity index (χ2v) is 34.4. The highest BCUT2D eigenvalue weighted by Crippen LogP contribution is 2.52. The van der Waals surface area contributed by atoms with Crippen LogP contribution in [0, 0.1) is 17.8 Å². The number of carboxylic acids is 1. The average Bonchev–Trinajstić information content (AvgIpc) is 1.75. The van der Waals surface area contributed by atoms with Gasteiger partial charge >= 0.3 is 12.1 Å². The number of phenolic OH excluding ortho intramolecular Hbond substituents is 3. The summed E-state index contributed by atoms with van der Waals surface area (Å²) in [5.74, 6) is -19.5. The van der Waals surface area contributed by atoms with E-state index in [0.717, 1.165) is 73.9 Å². The second kappa shape index (κ2) is 38.7. The van der Waals surface area contributed by atoms with Gasteiger partial charge in [0.2, 0.25) is 51.6 Å². The third kappa shape index (κ3) is 20.5. The molecule has 662 valence electrons. The lowest BCUT2D eigenvalue weighted by Gasteiger charge is -2.46. The number of primary amides is 1. The number of carbonyl (C=O) groups is 9. The van der Waals surface area contributed by atoms with Crippen molar-refractivity contribution in [1.82, 2.24) is 36.6 Å². The van der Waals surface area contributed by atoms with Crippen molar-refractivity contribution < 1.29 is 135 Å². The summed E-state index contributed by atoms with van der Waals surface area (Å²) in [7, 11) is -4.13. The van der Waals surface area contributed by atoms with Gasteiger partial charge in [0, 0.05) is 67.9 Å². The van der Waals surface area contributed by atoms with Gasteiger partial charge in [-0.25, -0.2) is 22.7 Å². The Morgan fingerprint density at radius 1 is 0.740 bits per heavy atom. The minimum Gasteiger partial charge on any atom is -0.507 e. The molecule has 8 heterocycles. The van der Waals surface area contributed by atoms with E-state index in [2.05, 4.69) is 36.6 Å². The van der Waals surface area contributed by atoms with E-state index >= 15 is 24.0 Å². The third-order valence-corrected chi connectivity index (χ3v) is 24.5. The number of alkyl carbamates (subject to hydrolysis) is 1. The molecule has 6 amide bonds. The van der Waals surface area contributed by atoms with E-state index in [1.54, 1.807) is 20.8 Å². The normalized spacial score (nSPS) is 26.8. The number of phenols is 3. The minimum absolute atomic E-state index is 0.0419. The van der Waals surface area contributed by atoms with E-state index < -0.39 is 278 Å². The van der Waals surface area contributed by atoms with Gasteiger partial charge < -0.3 is 121 Å². The number of aliphatic hydroxyl groups excluding tert-OH is 5. The number of carbonyl (C=O) groups excluding carboxylic acids is 8. The number of nitrogens with one attached hydrogen (secondary N) is 7. The number of amides is 6. The van der Waals surface area contributed by atoms with Gasteiger partial charge in [0.15, 0.2) is 47.6 Å². The number of aromatic hydroxyl groups is 3. The van der Waals surface area contributed by atoms with E-state index in [1.165, 1.54) is 42.5 Å². The van der Waals surface area contributed by atoms with Crippen molar-refractivity contribution in [2.24, 2.45) is 23.5 Å². The van der Waals surface area contributed by atoms with Gasteiger partial charge in [0.05, 0.1) is 57.2 Å².